The van der Waals surface area contributed by atoms with Crippen LogP contribution < -0.4 is 10.5 Å². The number of ether oxygens (including phenoxy) is 1. The first-order valence-electron chi connectivity index (χ1n) is 6.08. The number of carbonyl (C=O) groups is 1. The second-order valence-corrected chi connectivity index (χ2v) is 4.66. The molecule has 1 amide bonds. The number of amides is 1. The van der Waals surface area contributed by atoms with E-state index in [-0.39, 0.29) is 0 Å². The van der Waals surface area contributed by atoms with Crippen molar-refractivity contribution in [2.75, 3.05) is 0 Å². The van der Waals surface area contributed by atoms with Crippen LogP contribution in [0.3, 0.4) is 0 Å². The van der Waals surface area contributed by atoms with Gasteiger partial charge in [-0.25, -0.2) is 0 Å². The minimum atomic E-state index is -0.475. The summed E-state index contributed by atoms with van der Waals surface area (Å²) in [4.78, 5) is 10.7. The van der Waals surface area contributed by atoms with Gasteiger partial charge in [0.1, 0.15) is 12.4 Å². The molecule has 3 nitrogen and oxygen atoms in total. The molecule has 0 aliphatic heterocycles. The highest BCUT2D eigenvalue weighted by Gasteiger charge is 1.97. The van der Waals surface area contributed by atoms with Gasteiger partial charge in [0.25, 0.3) is 0 Å². The zero-order valence-corrected chi connectivity index (χ0v) is 11.5. The Bertz CT molecular complexity index is 621. The van der Waals surface area contributed by atoms with Crippen molar-refractivity contribution in [1.29, 1.82) is 0 Å². The Hall–Kier alpha value is -2.26. The monoisotopic (exact) mass is 287 g/mol. The van der Waals surface area contributed by atoms with Crippen LogP contribution in [-0.2, 0) is 11.4 Å². The molecular formula is C16H14ClNO2. The number of hydrogen-bond donors (Lipinski definition) is 1. The fourth-order valence-corrected chi connectivity index (χ4v) is 1.76. The first kappa shape index (κ1) is 14.2. The zero-order chi connectivity index (χ0) is 14.4. The van der Waals surface area contributed by atoms with Crippen molar-refractivity contribution >= 4 is 23.6 Å². The molecule has 0 aliphatic rings. The fourth-order valence-electron chi connectivity index (χ4n) is 1.63. The highest BCUT2D eigenvalue weighted by molar-refractivity contribution is 6.30. The van der Waals surface area contributed by atoms with E-state index < -0.39 is 5.91 Å². The summed E-state index contributed by atoms with van der Waals surface area (Å²) in [6, 6.07) is 14.9. The molecule has 102 valence electrons. The van der Waals surface area contributed by atoms with Gasteiger partial charge in [0.2, 0.25) is 5.91 Å². The van der Waals surface area contributed by atoms with Crippen molar-refractivity contribution in [3.63, 3.8) is 0 Å². The highest BCUT2D eigenvalue weighted by Crippen LogP contribution is 2.17. The molecule has 0 spiro atoms. The molecule has 2 aromatic rings. The summed E-state index contributed by atoms with van der Waals surface area (Å²) < 4.78 is 5.69. The van der Waals surface area contributed by atoms with E-state index in [2.05, 4.69) is 0 Å². The third-order valence-corrected chi connectivity index (χ3v) is 2.87. The summed E-state index contributed by atoms with van der Waals surface area (Å²) in [5.74, 6) is 0.254. The van der Waals surface area contributed by atoms with Crippen LogP contribution in [0.1, 0.15) is 11.1 Å². The van der Waals surface area contributed by atoms with Crippen molar-refractivity contribution in [3.8, 4) is 5.75 Å². The van der Waals surface area contributed by atoms with Crippen molar-refractivity contribution < 1.29 is 9.53 Å². The summed E-state index contributed by atoms with van der Waals surface area (Å²) in [6.07, 6.45) is 2.97. The molecule has 0 radical (unpaired) electrons. The van der Waals surface area contributed by atoms with Crippen LogP contribution in [0.15, 0.2) is 54.6 Å². The normalized spacial score (nSPS) is 10.7. The molecule has 2 rings (SSSR count). The van der Waals surface area contributed by atoms with Crippen molar-refractivity contribution in [2.45, 2.75) is 6.61 Å². The Morgan fingerprint density at radius 1 is 1.20 bits per heavy atom. The lowest BCUT2D eigenvalue weighted by molar-refractivity contribution is -0.113. The van der Waals surface area contributed by atoms with Crippen molar-refractivity contribution in [1.82, 2.24) is 0 Å². The average molecular weight is 288 g/mol. The van der Waals surface area contributed by atoms with Gasteiger partial charge in [-0.3, -0.25) is 4.79 Å². The molecule has 0 heterocycles. The van der Waals surface area contributed by atoms with E-state index in [4.69, 9.17) is 22.1 Å². The summed E-state index contributed by atoms with van der Waals surface area (Å²) in [6.45, 7) is 0.458. The van der Waals surface area contributed by atoms with Crippen LogP contribution in [0.4, 0.5) is 0 Å². The van der Waals surface area contributed by atoms with Crippen molar-refractivity contribution in [3.05, 3.63) is 70.8 Å². The lowest BCUT2D eigenvalue weighted by Gasteiger charge is -2.07. The SMILES string of the molecule is NC(=O)/C=C/c1cccc(OCc2ccc(Cl)cc2)c1. The quantitative estimate of drug-likeness (QED) is 0.857. The van der Waals surface area contributed by atoms with E-state index in [0.29, 0.717) is 11.6 Å². The minimum Gasteiger partial charge on any atom is -0.489 e. The van der Waals surface area contributed by atoms with Crippen LogP contribution in [0.25, 0.3) is 6.08 Å². The maximum atomic E-state index is 10.7. The molecular weight excluding hydrogens is 274 g/mol. The lowest BCUT2D eigenvalue weighted by Crippen LogP contribution is -2.05. The standard InChI is InChI=1S/C16H14ClNO2/c17-14-7-4-13(5-8-14)11-20-15-3-1-2-12(10-15)6-9-16(18)19/h1-10H,11H2,(H2,18,19)/b9-6+. The van der Waals surface area contributed by atoms with E-state index in [0.717, 1.165) is 16.9 Å². The van der Waals surface area contributed by atoms with E-state index in [1.165, 1.54) is 6.08 Å². The predicted molar refractivity (Wildman–Crippen MR) is 80.5 cm³/mol. The molecule has 0 saturated carbocycles. The Balaban J connectivity index is 2.01. The largest absolute Gasteiger partial charge is 0.489 e. The highest BCUT2D eigenvalue weighted by atomic mass is 35.5. The van der Waals surface area contributed by atoms with Crippen LogP contribution in [0, 0.1) is 0 Å². The second kappa shape index (κ2) is 6.78. The molecule has 20 heavy (non-hydrogen) atoms. The Morgan fingerprint density at radius 2 is 1.95 bits per heavy atom. The fraction of sp³-hybridized carbons (Fsp3) is 0.0625. The Morgan fingerprint density at radius 3 is 2.65 bits per heavy atom. The summed E-state index contributed by atoms with van der Waals surface area (Å²) in [7, 11) is 0. The molecule has 4 heteroatoms. The predicted octanol–water partition coefficient (Wildman–Crippen LogP) is 3.42. The van der Waals surface area contributed by atoms with Crippen molar-refractivity contribution in [2.24, 2.45) is 5.73 Å². The molecule has 0 bridgehead atoms. The lowest BCUT2D eigenvalue weighted by atomic mass is 10.2. The number of rotatable bonds is 5. The topological polar surface area (TPSA) is 52.3 Å². The minimum absolute atomic E-state index is 0.458. The van der Waals surface area contributed by atoms with Gasteiger partial charge < -0.3 is 10.5 Å². The summed E-state index contributed by atoms with van der Waals surface area (Å²) >= 11 is 5.82. The van der Waals surface area contributed by atoms with Gasteiger partial charge in [0, 0.05) is 11.1 Å². The second-order valence-electron chi connectivity index (χ2n) is 4.22. The van der Waals surface area contributed by atoms with Crippen LogP contribution in [0.5, 0.6) is 5.75 Å². The first-order valence-corrected chi connectivity index (χ1v) is 6.46. The van der Waals surface area contributed by atoms with Gasteiger partial charge in [0.05, 0.1) is 0 Å². The number of primary amides is 1. The molecule has 2 N–H and O–H groups in total. The first-order chi connectivity index (χ1) is 9.63. The van der Waals surface area contributed by atoms with Gasteiger partial charge in [-0.15, -0.1) is 0 Å². The van der Waals surface area contributed by atoms with E-state index in [9.17, 15) is 4.79 Å². The van der Waals surface area contributed by atoms with Gasteiger partial charge in [-0.1, -0.05) is 35.9 Å². The van der Waals surface area contributed by atoms with E-state index in [1.54, 1.807) is 6.08 Å². The molecule has 0 aromatic heterocycles. The van der Waals surface area contributed by atoms with Gasteiger partial charge in [0.15, 0.2) is 0 Å². The maximum Gasteiger partial charge on any atom is 0.241 e. The maximum absolute atomic E-state index is 10.7. The molecule has 0 fully saturated rings. The smallest absolute Gasteiger partial charge is 0.241 e. The average Bonchev–Trinajstić information content (AvgIpc) is 2.45. The van der Waals surface area contributed by atoms with Gasteiger partial charge in [-0.2, -0.15) is 0 Å². The van der Waals surface area contributed by atoms with E-state index >= 15 is 0 Å². The molecule has 0 saturated heterocycles. The molecule has 0 unspecified atom stereocenters. The molecule has 0 atom stereocenters. The van der Waals surface area contributed by atoms with Gasteiger partial charge in [-0.05, 0) is 41.5 Å². The van der Waals surface area contributed by atoms with Crippen LogP contribution >= 0.6 is 11.6 Å². The number of nitrogens with two attached hydrogens (primary N) is 1. The number of carbonyl (C=O) groups excluding carboxylic acids is 1. The molecule has 0 aliphatic carbocycles. The van der Waals surface area contributed by atoms with Crippen LogP contribution in [-0.4, -0.2) is 5.91 Å². The summed E-state index contributed by atoms with van der Waals surface area (Å²) in [5, 5.41) is 0.701. The number of hydrogen-bond acceptors (Lipinski definition) is 2. The van der Waals surface area contributed by atoms with Gasteiger partial charge >= 0.3 is 0 Å². The van der Waals surface area contributed by atoms with E-state index in [1.807, 2.05) is 48.5 Å². The third-order valence-electron chi connectivity index (χ3n) is 2.62. The Kier molecular flexibility index (Phi) is 4.80. The summed E-state index contributed by atoms with van der Waals surface area (Å²) in [5.41, 5.74) is 6.95. The zero-order valence-electron chi connectivity index (χ0n) is 10.8. The van der Waals surface area contributed by atoms with Crippen LogP contribution in [0.2, 0.25) is 5.02 Å². The number of benzene rings is 2. The molecule has 2 aromatic carbocycles. The third kappa shape index (κ3) is 4.44. The number of halogens is 1. The Labute approximate surface area is 122 Å².